The van der Waals surface area contributed by atoms with Gasteiger partial charge in [-0.2, -0.15) is 4.72 Å². The fourth-order valence-electron chi connectivity index (χ4n) is 2.78. The maximum absolute atomic E-state index is 12.7. The summed E-state index contributed by atoms with van der Waals surface area (Å²) in [5.41, 5.74) is 7.92. The van der Waals surface area contributed by atoms with Crippen molar-refractivity contribution in [1.82, 2.24) is 4.72 Å². The number of hydrogen-bond acceptors (Lipinski definition) is 3. The highest BCUT2D eigenvalue weighted by atomic mass is 32.2. The number of nitrogens with one attached hydrogen (secondary N) is 1. The van der Waals surface area contributed by atoms with Crippen LogP contribution in [0.5, 0.6) is 0 Å². The van der Waals surface area contributed by atoms with E-state index >= 15 is 0 Å². The van der Waals surface area contributed by atoms with Gasteiger partial charge in [0.25, 0.3) is 0 Å². The molecule has 6 heteroatoms. The number of rotatable bonds is 5. The van der Waals surface area contributed by atoms with Crippen LogP contribution in [0.1, 0.15) is 29.2 Å². The lowest BCUT2D eigenvalue weighted by atomic mass is 9.98. The molecule has 5 nitrogen and oxygen atoms in total. The van der Waals surface area contributed by atoms with Gasteiger partial charge in [-0.05, 0) is 35.6 Å². The van der Waals surface area contributed by atoms with Crippen molar-refractivity contribution in [3.05, 3.63) is 76.2 Å². The third-order valence-corrected chi connectivity index (χ3v) is 5.61. The van der Waals surface area contributed by atoms with Crippen LogP contribution in [0.4, 0.5) is 0 Å². The second-order valence-corrected chi connectivity index (χ2v) is 7.44. The van der Waals surface area contributed by atoms with Gasteiger partial charge in [-0.25, -0.2) is 8.42 Å². The number of benzene rings is 2. The minimum absolute atomic E-state index is 0.267. The van der Waals surface area contributed by atoms with E-state index in [1.54, 1.807) is 36.4 Å². The maximum Gasteiger partial charge on any atom is 0.240 e. The van der Waals surface area contributed by atoms with E-state index in [4.69, 9.17) is 5.73 Å². The topological polar surface area (TPSA) is 89.3 Å². The molecule has 1 aliphatic rings. The molecule has 0 saturated carbocycles. The van der Waals surface area contributed by atoms with Gasteiger partial charge in [0.1, 0.15) is 6.04 Å². The molecular weight excluding hydrogens is 324 g/mol. The summed E-state index contributed by atoms with van der Waals surface area (Å²) < 4.78 is 27.8. The first kappa shape index (κ1) is 16.4. The van der Waals surface area contributed by atoms with Crippen LogP contribution in [-0.2, 0) is 21.2 Å². The molecule has 0 heterocycles. The molecule has 2 aromatic rings. The van der Waals surface area contributed by atoms with Gasteiger partial charge < -0.3 is 5.73 Å². The van der Waals surface area contributed by atoms with Crippen LogP contribution in [0, 0.1) is 0 Å². The third kappa shape index (κ3) is 3.39. The van der Waals surface area contributed by atoms with E-state index in [0.717, 1.165) is 11.1 Å². The van der Waals surface area contributed by atoms with Crippen LogP contribution in [0.25, 0.3) is 6.08 Å². The van der Waals surface area contributed by atoms with Crippen LogP contribution in [-0.4, -0.2) is 14.3 Å². The lowest BCUT2D eigenvalue weighted by Crippen LogP contribution is -2.38. The molecule has 1 atom stereocenters. The molecule has 2 aromatic carbocycles. The summed E-state index contributed by atoms with van der Waals surface area (Å²) in [6.45, 7) is 0. The molecule has 0 bridgehead atoms. The fourth-order valence-corrected chi connectivity index (χ4v) is 4.15. The zero-order valence-corrected chi connectivity index (χ0v) is 13.8. The molecule has 124 valence electrons. The quantitative estimate of drug-likeness (QED) is 0.872. The zero-order chi connectivity index (χ0) is 17.2. The average Bonchev–Trinajstić information content (AvgIpc) is 2.60. The highest BCUT2D eigenvalue weighted by Crippen LogP contribution is 2.27. The highest BCUT2D eigenvalue weighted by Gasteiger charge is 2.28. The van der Waals surface area contributed by atoms with Crippen molar-refractivity contribution in [3.8, 4) is 0 Å². The average molecular weight is 342 g/mol. The predicted molar refractivity (Wildman–Crippen MR) is 93.2 cm³/mol. The normalized spacial score (nSPS) is 15.2. The van der Waals surface area contributed by atoms with Gasteiger partial charge in [0.2, 0.25) is 15.9 Å². The summed E-state index contributed by atoms with van der Waals surface area (Å²) in [4.78, 5) is 12.0. The lowest BCUT2D eigenvalue weighted by Gasteiger charge is -2.20. The van der Waals surface area contributed by atoms with Crippen LogP contribution in [0.2, 0.25) is 0 Å². The maximum atomic E-state index is 12.7. The number of hydrogen-bond donors (Lipinski definition) is 2. The van der Waals surface area contributed by atoms with Gasteiger partial charge in [0.15, 0.2) is 0 Å². The SMILES string of the molecule is NC(=O)C(NS(=O)(=O)C1=Cc2ccccc2CC1)c1ccccc1. The van der Waals surface area contributed by atoms with Crippen LogP contribution in [0.15, 0.2) is 59.5 Å². The summed E-state index contributed by atoms with van der Waals surface area (Å²) in [5.74, 6) is -0.735. The number of carbonyl (C=O) groups is 1. The van der Waals surface area contributed by atoms with Crippen molar-refractivity contribution < 1.29 is 13.2 Å². The van der Waals surface area contributed by atoms with Crippen molar-refractivity contribution in [2.24, 2.45) is 5.73 Å². The molecule has 3 N–H and O–H groups in total. The van der Waals surface area contributed by atoms with Crippen molar-refractivity contribution in [3.63, 3.8) is 0 Å². The Morgan fingerprint density at radius 1 is 1.00 bits per heavy atom. The molecule has 0 fully saturated rings. The first-order chi connectivity index (χ1) is 11.5. The van der Waals surface area contributed by atoms with Crippen molar-refractivity contribution in [2.45, 2.75) is 18.9 Å². The molecular formula is C18H18N2O3S. The van der Waals surface area contributed by atoms with Crippen LogP contribution < -0.4 is 10.5 Å². The monoisotopic (exact) mass is 342 g/mol. The van der Waals surface area contributed by atoms with E-state index in [9.17, 15) is 13.2 Å². The number of allylic oxidation sites excluding steroid dienone is 1. The number of aryl methyl sites for hydroxylation is 1. The molecule has 1 aliphatic carbocycles. The Morgan fingerprint density at radius 3 is 2.38 bits per heavy atom. The molecule has 1 unspecified atom stereocenters. The predicted octanol–water partition coefficient (Wildman–Crippen LogP) is 2.12. The smallest absolute Gasteiger partial charge is 0.240 e. The Morgan fingerprint density at radius 2 is 1.67 bits per heavy atom. The Balaban J connectivity index is 1.91. The van der Waals surface area contributed by atoms with Crippen molar-refractivity contribution in [1.29, 1.82) is 0 Å². The summed E-state index contributed by atoms with van der Waals surface area (Å²) in [7, 11) is -3.81. The number of amides is 1. The fraction of sp³-hybridized carbons (Fsp3) is 0.167. The van der Waals surface area contributed by atoms with Gasteiger partial charge >= 0.3 is 0 Å². The van der Waals surface area contributed by atoms with E-state index in [2.05, 4.69) is 4.72 Å². The first-order valence-corrected chi connectivity index (χ1v) is 9.11. The highest BCUT2D eigenvalue weighted by molar-refractivity contribution is 7.93. The van der Waals surface area contributed by atoms with E-state index in [0.29, 0.717) is 18.4 Å². The molecule has 0 spiro atoms. The van der Waals surface area contributed by atoms with E-state index < -0.39 is 22.0 Å². The lowest BCUT2D eigenvalue weighted by molar-refractivity contribution is -0.119. The van der Waals surface area contributed by atoms with Gasteiger partial charge in [-0.1, -0.05) is 54.6 Å². The number of sulfonamides is 1. The molecule has 0 radical (unpaired) electrons. The largest absolute Gasteiger partial charge is 0.368 e. The summed E-state index contributed by atoms with van der Waals surface area (Å²) in [5, 5.41) is 0. The minimum atomic E-state index is -3.81. The number of carbonyl (C=O) groups excluding carboxylic acids is 1. The second kappa shape index (κ2) is 6.59. The minimum Gasteiger partial charge on any atom is -0.368 e. The summed E-state index contributed by atoms with van der Waals surface area (Å²) in [6.07, 6.45) is 2.70. The van der Waals surface area contributed by atoms with E-state index in [1.807, 2.05) is 24.3 Å². The Hall–Kier alpha value is -2.44. The number of primary amides is 1. The van der Waals surface area contributed by atoms with Gasteiger partial charge in [-0.3, -0.25) is 4.79 Å². The van der Waals surface area contributed by atoms with Crippen LogP contribution in [0.3, 0.4) is 0 Å². The first-order valence-electron chi connectivity index (χ1n) is 7.62. The standard InChI is InChI=1S/C18H18N2O3S/c19-18(21)17(14-7-2-1-3-8-14)20-24(22,23)16-11-10-13-6-4-5-9-15(13)12-16/h1-9,12,17,20H,10-11H2,(H2,19,21). The van der Waals surface area contributed by atoms with E-state index in [1.165, 1.54) is 0 Å². The van der Waals surface area contributed by atoms with Gasteiger partial charge in [0, 0.05) is 0 Å². The van der Waals surface area contributed by atoms with Crippen molar-refractivity contribution in [2.75, 3.05) is 0 Å². The van der Waals surface area contributed by atoms with Gasteiger partial charge in [0.05, 0.1) is 4.91 Å². The van der Waals surface area contributed by atoms with Crippen molar-refractivity contribution >= 4 is 22.0 Å². The molecule has 24 heavy (non-hydrogen) atoms. The molecule has 0 aromatic heterocycles. The summed E-state index contributed by atoms with van der Waals surface area (Å²) >= 11 is 0. The second-order valence-electron chi connectivity index (χ2n) is 5.68. The molecule has 0 saturated heterocycles. The van der Waals surface area contributed by atoms with Gasteiger partial charge in [-0.15, -0.1) is 0 Å². The Labute approximate surface area is 141 Å². The summed E-state index contributed by atoms with van der Waals surface area (Å²) in [6, 6.07) is 15.2. The third-order valence-electron chi connectivity index (χ3n) is 4.05. The molecule has 0 aliphatic heterocycles. The van der Waals surface area contributed by atoms with Crippen LogP contribution >= 0.6 is 0 Å². The Bertz CT molecular complexity index is 889. The number of fused-ring (bicyclic) bond motifs is 1. The van der Waals surface area contributed by atoms with E-state index in [-0.39, 0.29) is 4.91 Å². The molecule has 3 rings (SSSR count). The Kier molecular flexibility index (Phi) is 4.51. The zero-order valence-electron chi connectivity index (χ0n) is 13.0. The number of nitrogens with two attached hydrogens (primary N) is 1. The molecule has 1 amide bonds.